The number of hydrogen-bond donors (Lipinski definition) is 4. The number of nitrogens with one attached hydrogen (secondary N) is 4. The van der Waals surface area contributed by atoms with Gasteiger partial charge in [-0.1, -0.05) is 24.3 Å². The number of anilines is 1. The lowest BCUT2D eigenvalue weighted by Crippen LogP contribution is -2.48. The number of rotatable bonds is 8. The second kappa shape index (κ2) is 11.1. The fourth-order valence-electron chi connectivity index (χ4n) is 5.82. The number of hydrogen-bond acceptors (Lipinski definition) is 7. The number of nitrogens with zero attached hydrogens (tertiary/aromatic N) is 1. The Morgan fingerprint density at radius 1 is 1.08 bits per heavy atom. The zero-order valence-corrected chi connectivity index (χ0v) is 22.0. The molecule has 1 aliphatic carbocycles. The molecule has 4 aliphatic rings. The van der Waals surface area contributed by atoms with E-state index in [1.807, 2.05) is 31.1 Å². The predicted octanol–water partition coefficient (Wildman–Crippen LogP) is 3.08. The van der Waals surface area contributed by atoms with Crippen LogP contribution in [0.25, 0.3) is 0 Å². The molecule has 4 N–H and O–H groups in total. The van der Waals surface area contributed by atoms with Crippen LogP contribution in [0.3, 0.4) is 0 Å². The van der Waals surface area contributed by atoms with Gasteiger partial charge >= 0.3 is 6.18 Å². The van der Waals surface area contributed by atoms with E-state index in [2.05, 4.69) is 33.4 Å². The zero-order valence-electron chi connectivity index (χ0n) is 22.0. The molecule has 1 saturated heterocycles. The van der Waals surface area contributed by atoms with Crippen LogP contribution in [0.1, 0.15) is 36.5 Å². The first-order valence-electron chi connectivity index (χ1n) is 13.3. The van der Waals surface area contributed by atoms with Crippen molar-refractivity contribution in [3.8, 4) is 0 Å². The van der Waals surface area contributed by atoms with Crippen molar-refractivity contribution in [1.29, 1.82) is 0 Å². The van der Waals surface area contributed by atoms with Gasteiger partial charge in [0.1, 0.15) is 11.4 Å². The van der Waals surface area contributed by atoms with Crippen LogP contribution >= 0.6 is 0 Å². The number of halogens is 3. The van der Waals surface area contributed by atoms with Gasteiger partial charge in [0, 0.05) is 48.8 Å². The summed E-state index contributed by atoms with van der Waals surface area (Å²) in [6, 6.07) is 3.82. The Morgan fingerprint density at radius 3 is 2.54 bits per heavy atom. The van der Waals surface area contributed by atoms with Gasteiger partial charge in [-0.3, -0.25) is 14.9 Å². The molecule has 0 spiro atoms. The maximum atomic E-state index is 13.6. The molecular formula is C28H34F3N5O3. The number of imide groups is 1. The smallest absolute Gasteiger partial charge is 0.381 e. The van der Waals surface area contributed by atoms with E-state index in [9.17, 15) is 22.8 Å². The third kappa shape index (κ3) is 5.84. The van der Waals surface area contributed by atoms with E-state index < -0.39 is 29.7 Å². The quantitative estimate of drug-likeness (QED) is 0.373. The Bertz CT molecular complexity index is 1210. The van der Waals surface area contributed by atoms with E-state index in [1.165, 1.54) is 12.1 Å². The van der Waals surface area contributed by atoms with Crippen molar-refractivity contribution < 1.29 is 27.5 Å². The summed E-state index contributed by atoms with van der Waals surface area (Å²) >= 11 is 0. The van der Waals surface area contributed by atoms with Crippen molar-refractivity contribution in [1.82, 2.24) is 20.9 Å². The normalized spacial score (nSPS) is 28.2. The Labute approximate surface area is 225 Å². The molecule has 1 fully saturated rings. The van der Waals surface area contributed by atoms with Crippen LogP contribution in [0, 0.1) is 11.8 Å². The molecule has 5 rings (SSSR count). The standard InChI is InChI=1S/C28H34F3N5O3/c1-36(2)13-12-32-23-24(27(38)35-26(23)37)33-15-18-9-10-19-22(16-6-4-3-5-7-16)34-21-11-8-17(28(29,30)31)14-20(21)25(19)39-18/h3-6,8,11,14,16,18-19,22,25,34H,7,9-10,12-13,15H2,1-2H3,(H3,32,33,35,37,38)/t16?,18-,19+,22+,25+/m1/s1. The SMILES string of the molecule is CN(C)CCNC1=C(NC[C@H]2CC[C@@H]3[C@H](O2)c2cc(C(F)(F)F)ccc2N[C@H]3C2C=CC=CC2)C(=O)NC1=O. The highest BCUT2D eigenvalue weighted by Gasteiger charge is 2.45. The van der Waals surface area contributed by atoms with Gasteiger partial charge in [-0.25, -0.2) is 0 Å². The number of amides is 2. The molecule has 3 aliphatic heterocycles. The van der Waals surface area contributed by atoms with Crippen LogP contribution < -0.4 is 21.3 Å². The molecule has 3 heterocycles. The lowest BCUT2D eigenvalue weighted by Gasteiger charge is -2.47. The Morgan fingerprint density at radius 2 is 1.85 bits per heavy atom. The van der Waals surface area contributed by atoms with Crippen molar-refractivity contribution in [3.63, 3.8) is 0 Å². The lowest BCUT2D eigenvalue weighted by atomic mass is 9.73. The molecule has 1 unspecified atom stereocenters. The summed E-state index contributed by atoms with van der Waals surface area (Å²) < 4.78 is 47.3. The fraction of sp³-hybridized carbons (Fsp3) is 0.500. The summed E-state index contributed by atoms with van der Waals surface area (Å²) in [7, 11) is 3.82. The maximum absolute atomic E-state index is 13.6. The van der Waals surface area contributed by atoms with Gasteiger partial charge in [-0.15, -0.1) is 0 Å². The second-order valence-electron chi connectivity index (χ2n) is 10.7. The van der Waals surface area contributed by atoms with Crippen molar-refractivity contribution in [2.24, 2.45) is 11.8 Å². The summed E-state index contributed by atoms with van der Waals surface area (Å²) in [6.45, 7) is 1.40. The third-order valence-corrected chi connectivity index (χ3v) is 7.79. The highest BCUT2D eigenvalue weighted by molar-refractivity contribution is 6.18. The van der Waals surface area contributed by atoms with Crippen molar-refractivity contribution in [3.05, 3.63) is 65.0 Å². The lowest BCUT2D eigenvalue weighted by molar-refractivity contribution is -0.138. The Balaban J connectivity index is 1.35. The highest BCUT2D eigenvalue weighted by Crippen LogP contribution is 2.49. The second-order valence-corrected chi connectivity index (χ2v) is 10.7. The van der Waals surface area contributed by atoms with E-state index in [0.29, 0.717) is 30.8 Å². The minimum atomic E-state index is -4.46. The third-order valence-electron chi connectivity index (χ3n) is 7.79. The molecule has 1 aromatic carbocycles. The van der Waals surface area contributed by atoms with Gasteiger partial charge in [-0.2, -0.15) is 13.2 Å². The molecule has 8 nitrogen and oxygen atoms in total. The van der Waals surface area contributed by atoms with Crippen LogP contribution in [-0.4, -0.2) is 62.6 Å². The Hall–Kier alpha value is -3.31. The molecule has 0 saturated carbocycles. The van der Waals surface area contributed by atoms with E-state index >= 15 is 0 Å². The van der Waals surface area contributed by atoms with E-state index in [-0.39, 0.29) is 41.9 Å². The molecule has 0 bridgehead atoms. The Kier molecular flexibility index (Phi) is 7.73. The molecule has 1 aromatic rings. The fourth-order valence-corrected chi connectivity index (χ4v) is 5.82. The van der Waals surface area contributed by atoms with E-state index in [4.69, 9.17) is 4.74 Å². The summed E-state index contributed by atoms with van der Waals surface area (Å²) in [5.41, 5.74) is 0.803. The topological polar surface area (TPSA) is 94.7 Å². The largest absolute Gasteiger partial charge is 0.416 e. The minimum Gasteiger partial charge on any atom is -0.381 e. The van der Waals surface area contributed by atoms with Gasteiger partial charge < -0.3 is 25.6 Å². The van der Waals surface area contributed by atoms with Gasteiger partial charge in [-0.05, 0) is 51.6 Å². The number of ether oxygens (including phenoxy) is 1. The molecule has 210 valence electrons. The number of fused-ring (bicyclic) bond motifs is 3. The molecule has 0 aromatic heterocycles. The minimum absolute atomic E-state index is 0.0165. The molecule has 2 amide bonds. The number of allylic oxidation sites excluding steroid dienone is 3. The van der Waals surface area contributed by atoms with Crippen molar-refractivity contribution in [2.75, 3.05) is 39.0 Å². The van der Waals surface area contributed by atoms with Crippen LogP contribution in [0.5, 0.6) is 0 Å². The number of likely N-dealkylation sites (N-methyl/N-ethyl adjacent to an activating group) is 1. The number of carbonyl (C=O) groups is 2. The summed E-state index contributed by atoms with van der Waals surface area (Å²) in [5.74, 6) is -0.821. The average molecular weight is 546 g/mol. The predicted molar refractivity (Wildman–Crippen MR) is 140 cm³/mol. The van der Waals surface area contributed by atoms with Gasteiger partial charge in [0.25, 0.3) is 11.8 Å². The summed E-state index contributed by atoms with van der Waals surface area (Å²) in [5, 5.41) is 11.9. The molecule has 39 heavy (non-hydrogen) atoms. The van der Waals surface area contributed by atoms with Crippen molar-refractivity contribution in [2.45, 2.75) is 43.7 Å². The molecular weight excluding hydrogens is 511 g/mol. The first-order chi connectivity index (χ1) is 18.6. The zero-order chi connectivity index (χ0) is 27.7. The average Bonchev–Trinajstić information content (AvgIpc) is 3.17. The first-order valence-corrected chi connectivity index (χ1v) is 13.3. The number of alkyl halides is 3. The molecule has 0 radical (unpaired) electrons. The summed E-state index contributed by atoms with van der Waals surface area (Å²) in [4.78, 5) is 26.7. The molecule has 11 heteroatoms. The van der Waals surface area contributed by atoms with Gasteiger partial charge in [0.2, 0.25) is 0 Å². The summed E-state index contributed by atoms with van der Waals surface area (Å²) in [6.07, 6.45) is 5.17. The van der Waals surface area contributed by atoms with Crippen molar-refractivity contribution >= 4 is 17.5 Å². The highest BCUT2D eigenvalue weighted by atomic mass is 19.4. The molecule has 5 atom stereocenters. The van der Waals surface area contributed by atoms with Crippen LogP contribution in [0.15, 0.2) is 53.9 Å². The monoisotopic (exact) mass is 545 g/mol. The van der Waals surface area contributed by atoms with Crippen LogP contribution in [-0.2, 0) is 20.5 Å². The van der Waals surface area contributed by atoms with Crippen LogP contribution in [0.2, 0.25) is 0 Å². The van der Waals surface area contributed by atoms with Crippen LogP contribution in [0.4, 0.5) is 18.9 Å². The first kappa shape index (κ1) is 27.3. The number of benzene rings is 1. The van der Waals surface area contributed by atoms with Gasteiger partial charge in [0.15, 0.2) is 0 Å². The van der Waals surface area contributed by atoms with E-state index in [1.54, 1.807) is 0 Å². The maximum Gasteiger partial charge on any atom is 0.416 e. The number of carbonyl (C=O) groups excluding carboxylic acids is 2. The van der Waals surface area contributed by atoms with E-state index in [0.717, 1.165) is 18.9 Å². The van der Waals surface area contributed by atoms with Gasteiger partial charge in [0.05, 0.1) is 17.8 Å².